The third-order valence-electron chi connectivity index (χ3n) is 4.15. The van der Waals surface area contributed by atoms with Gasteiger partial charge in [-0.25, -0.2) is 0 Å². The molecule has 0 aliphatic rings. The minimum Gasteiger partial charge on any atom is -0.378 e. The normalized spacial score (nSPS) is 12.6. The van der Waals surface area contributed by atoms with E-state index in [0.29, 0.717) is 22.5 Å². The van der Waals surface area contributed by atoms with Crippen molar-refractivity contribution >= 4 is 23.2 Å². The number of nitrogens with one attached hydrogen (secondary N) is 2. The summed E-state index contributed by atoms with van der Waals surface area (Å²) in [5.74, 6) is -1.11. The minimum absolute atomic E-state index is 0.474. The van der Waals surface area contributed by atoms with Gasteiger partial charge in [0.05, 0.1) is 0 Å². The molecule has 0 aromatic heterocycles. The summed E-state index contributed by atoms with van der Waals surface area (Å²) in [6.07, 6.45) is -2.55. The Labute approximate surface area is 162 Å². The van der Waals surface area contributed by atoms with Gasteiger partial charge in [-0.1, -0.05) is 60.7 Å². The smallest absolute Gasteiger partial charge is 0.257 e. The van der Waals surface area contributed by atoms with Crippen LogP contribution >= 0.6 is 0 Å². The van der Waals surface area contributed by atoms with Crippen molar-refractivity contribution in [1.29, 1.82) is 0 Å². The number of carbonyl (C=O) groups excluding carboxylic acids is 2. The summed E-state index contributed by atoms with van der Waals surface area (Å²) in [4.78, 5) is 24.3. The molecule has 0 heterocycles. The summed E-state index contributed by atoms with van der Waals surface area (Å²) in [5.41, 5.74) is 1.95. The summed E-state index contributed by atoms with van der Waals surface area (Å²) in [6.45, 7) is 0. The largest absolute Gasteiger partial charge is 0.378 e. The lowest BCUT2D eigenvalue weighted by atomic mass is 10.1. The molecule has 6 heteroatoms. The number of rotatable bonds is 6. The van der Waals surface area contributed by atoms with Gasteiger partial charge in [0.15, 0.2) is 12.2 Å². The molecule has 0 aliphatic heterocycles. The topological polar surface area (TPSA) is 98.7 Å². The van der Waals surface area contributed by atoms with E-state index in [2.05, 4.69) is 10.6 Å². The van der Waals surface area contributed by atoms with Crippen molar-refractivity contribution in [3.05, 3.63) is 96.1 Å². The summed E-state index contributed by atoms with van der Waals surface area (Å²) in [6, 6.07) is 23.6. The van der Waals surface area contributed by atoms with Crippen molar-refractivity contribution < 1.29 is 19.8 Å². The Bertz CT molecular complexity index is 849. The zero-order chi connectivity index (χ0) is 19.9. The molecular weight excluding hydrogens is 356 g/mol. The number of amides is 2. The average Bonchev–Trinajstić information content (AvgIpc) is 2.75. The first-order chi connectivity index (χ1) is 13.5. The fourth-order valence-electron chi connectivity index (χ4n) is 2.63. The molecule has 4 N–H and O–H groups in total. The number of benzene rings is 3. The van der Waals surface area contributed by atoms with Crippen LogP contribution in [0, 0.1) is 0 Å². The van der Waals surface area contributed by atoms with Crippen LogP contribution in [-0.4, -0.2) is 22.0 Å². The highest BCUT2D eigenvalue weighted by atomic mass is 16.3. The van der Waals surface area contributed by atoms with E-state index >= 15 is 0 Å². The fourth-order valence-corrected chi connectivity index (χ4v) is 2.63. The predicted molar refractivity (Wildman–Crippen MR) is 107 cm³/mol. The van der Waals surface area contributed by atoms with Gasteiger partial charge in [0.25, 0.3) is 11.8 Å². The van der Waals surface area contributed by atoms with Crippen LogP contribution in [0.2, 0.25) is 0 Å². The van der Waals surface area contributed by atoms with Crippen molar-refractivity contribution in [2.45, 2.75) is 12.2 Å². The molecule has 0 bridgehead atoms. The van der Waals surface area contributed by atoms with Crippen molar-refractivity contribution in [1.82, 2.24) is 0 Å². The summed E-state index contributed by atoms with van der Waals surface area (Å²) in [5, 5.41) is 25.4. The van der Waals surface area contributed by atoms with Gasteiger partial charge in [-0.2, -0.15) is 0 Å². The molecule has 142 valence electrons. The lowest BCUT2D eigenvalue weighted by molar-refractivity contribution is -0.124. The maximum absolute atomic E-state index is 12.2. The Morgan fingerprint density at radius 2 is 0.893 bits per heavy atom. The van der Waals surface area contributed by atoms with E-state index in [9.17, 15) is 19.8 Å². The lowest BCUT2D eigenvalue weighted by Gasteiger charge is -2.13. The van der Waals surface area contributed by atoms with Crippen LogP contribution in [0.25, 0.3) is 0 Å². The third-order valence-corrected chi connectivity index (χ3v) is 4.15. The third kappa shape index (κ3) is 4.82. The zero-order valence-corrected chi connectivity index (χ0v) is 14.9. The average molecular weight is 376 g/mol. The predicted octanol–water partition coefficient (Wildman–Crippen LogP) is 3.03. The van der Waals surface area contributed by atoms with Gasteiger partial charge < -0.3 is 20.8 Å². The van der Waals surface area contributed by atoms with Crippen LogP contribution in [0.5, 0.6) is 0 Å². The molecule has 6 nitrogen and oxygen atoms in total. The quantitative estimate of drug-likeness (QED) is 0.531. The Balaban J connectivity index is 1.59. The van der Waals surface area contributed by atoms with E-state index in [1.807, 2.05) is 0 Å². The van der Waals surface area contributed by atoms with Gasteiger partial charge in [0.2, 0.25) is 0 Å². The van der Waals surface area contributed by atoms with Gasteiger partial charge in [0, 0.05) is 11.4 Å². The SMILES string of the molecule is O=C(Nc1ccc(NC(=O)[C@@H](O)c2ccccc2)cc1)[C@@H](O)c1ccccc1. The van der Waals surface area contributed by atoms with E-state index in [1.54, 1.807) is 84.9 Å². The van der Waals surface area contributed by atoms with Crippen LogP contribution in [0.3, 0.4) is 0 Å². The number of aliphatic hydroxyl groups is 2. The molecule has 0 saturated carbocycles. The molecule has 0 fully saturated rings. The molecule has 3 aromatic carbocycles. The summed E-state index contributed by atoms with van der Waals surface area (Å²) >= 11 is 0. The second-order valence-electron chi connectivity index (χ2n) is 6.18. The molecular formula is C22H20N2O4. The highest BCUT2D eigenvalue weighted by molar-refractivity contribution is 5.96. The van der Waals surface area contributed by atoms with Gasteiger partial charge in [0.1, 0.15) is 0 Å². The number of hydrogen-bond acceptors (Lipinski definition) is 4. The summed E-state index contributed by atoms with van der Waals surface area (Å²) < 4.78 is 0. The maximum atomic E-state index is 12.2. The van der Waals surface area contributed by atoms with Gasteiger partial charge in [-0.05, 0) is 35.4 Å². The molecule has 3 rings (SSSR count). The summed E-state index contributed by atoms with van der Waals surface area (Å²) in [7, 11) is 0. The molecule has 3 aromatic rings. The zero-order valence-electron chi connectivity index (χ0n) is 14.9. The van der Waals surface area contributed by atoms with Gasteiger partial charge in [-0.15, -0.1) is 0 Å². The number of carbonyl (C=O) groups is 2. The van der Waals surface area contributed by atoms with E-state index < -0.39 is 24.0 Å². The fraction of sp³-hybridized carbons (Fsp3) is 0.0909. The van der Waals surface area contributed by atoms with Gasteiger partial charge in [-0.3, -0.25) is 9.59 Å². The molecule has 28 heavy (non-hydrogen) atoms. The second-order valence-corrected chi connectivity index (χ2v) is 6.18. The molecule has 0 saturated heterocycles. The Morgan fingerprint density at radius 1 is 0.571 bits per heavy atom. The monoisotopic (exact) mass is 376 g/mol. The van der Waals surface area contributed by atoms with Crippen molar-refractivity contribution in [3.63, 3.8) is 0 Å². The lowest BCUT2D eigenvalue weighted by Crippen LogP contribution is -2.21. The highest BCUT2D eigenvalue weighted by Crippen LogP contribution is 2.19. The van der Waals surface area contributed by atoms with Crippen LogP contribution < -0.4 is 10.6 Å². The molecule has 0 spiro atoms. The number of aliphatic hydroxyl groups excluding tert-OH is 2. The maximum Gasteiger partial charge on any atom is 0.257 e. The van der Waals surface area contributed by atoms with E-state index in [1.165, 1.54) is 0 Å². The number of anilines is 2. The molecule has 0 aliphatic carbocycles. The van der Waals surface area contributed by atoms with E-state index in [0.717, 1.165) is 0 Å². The molecule has 2 atom stereocenters. The van der Waals surface area contributed by atoms with E-state index in [4.69, 9.17) is 0 Å². The Morgan fingerprint density at radius 3 is 1.21 bits per heavy atom. The highest BCUT2D eigenvalue weighted by Gasteiger charge is 2.18. The van der Waals surface area contributed by atoms with Gasteiger partial charge >= 0.3 is 0 Å². The molecule has 0 radical (unpaired) electrons. The van der Waals surface area contributed by atoms with Crippen LogP contribution in [0.1, 0.15) is 23.3 Å². The number of hydrogen-bond donors (Lipinski definition) is 4. The van der Waals surface area contributed by atoms with Crippen molar-refractivity contribution in [3.8, 4) is 0 Å². The molecule has 2 amide bonds. The first kappa shape index (κ1) is 19.3. The standard InChI is InChI=1S/C22H20N2O4/c25-19(15-7-3-1-4-8-15)21(27)23-17-11-13-18(14-12-17)24-22(28)20(26)16-9-5-2-6-10-16/h1-14,19-20,25-26H,(H,23,27)(H,24,28)/t19-,20-/m0/s1. The molecule has 0 unspecified atom stereocenters. The van der Waals surface area contributed by atoms with Crippen LogP contribution in [0.4, 0.5) is 11.4 Å². The van der Waals surface area contributed by atoms with Crippen LogP contribution in [0.15, 0.2) is 84.9 Å². The van der Waals surface area contributed by atoms with Crippen molar-refractivity contribution in [2.75, 3.05) is 10.6 Å². The van der Waals surface area contributed by atoms with E-state index in [-0.39, 0.29) is 0 Å². The Kier molecular flexibility index (Phi) is 6.16. The minimum atomic E-state index is -1.28. The Hall–Kier alpha value is -3.48. The van der Waals surface area contributed by atoms with Crippen molar-refractivity contribution in [2.24, 2.45) is 0 Å². The van der Waals surface area contributed by atoms with Crippen LogP contribution in [-0.2, 0) is 9.59 Å². The first-order valence-electron chi connectivity index (χ1n) is 8.72. The second kappa shape index (κ2) is 8.94. The first-order valence-corrected chi connectivity index (χ1v) is 8.72.